The Bertz CT molecular complexity index is 1680. The molecule has 1 N–H and O–H groups in total. The first-order chi connectivity index (χ1) is 20.8. The van der Waals surface area contributed by atoms with Crippen molar-refractivity contribution in [1.82, 2.24) is 10.2 Å². The molecule has 0 spiro atoms. The number of carbonyl (C=O) groups excluding carboxylic acids is 2. The fraction of sp³-hybridized carbons (Fsp3) is 0.235. The third-order valence-electron chi connectivity index (χ3n) is 6.77. The van der Waals surface area contributed by atoms with Gasteiger partial charge in [0.05, 0.1) is 10.6 Å². The largest absolute Gasteiger partial charge is 0.350 e. The predicted molar refractivity (Wildman–Crippen MR) is 166 cm³/mol. The van der Waals surface area contributed by atoms with Crippen LogP contribution in [0.25, 0.3) is 0 Å². The molecule has 0 aromatic heterocycles. The van der Waals surface area contributed by atoms with Gasteiger partial charge in [-0.15, -0.1) is 0 Å². The monoisotopic (exact) mass is 619 g/mol. The number of hydrogen-bond donors (Lipinski definition) is 1. The average molecular weight is 620 g/mol. The van der Waals surface area contributed by atoms with Crippen LogP contribution in [-0.4, -0.2) is 43.3 Å². The summed E-state index contributed by atoms with van der Waals surface area (Å²) in [6, 6.07) is 26.2. The summed E-state index contributed by atoms with van der Waals surface area (Å²) >= 11 is 0. The van der Waals surface area contributed by atoms with Gasteiger partial charge >= 0.3 is 0 Å². The van der Waals surface area contributed by atoms with E-state index in [4.69, 9.17) is 0 Å². The van der Waals surface area contributed by atoms with Crippen LogP contribution in [0.4, 0.5) is 14.5 Å². The maximum absolute atomic E-state index is 15.2. The fourth-order valence-corrected chi connectivity index (χ4v) is 6.12. The van der Waals surface area contributed by atoms with Crippen molar-refractivity contribution in [2.45, 2.75) is 50.2 Å². The topological polar surface area (TPSA) is 86.8 Å². The summed E-state index contributed by atoms with van der Waals surface area (Å²) in [5.74, 6) is -2.52. The molecule has 0 saturated carbocycles. The number of anilines is 1. The number of nitrogens with one attached hydrogen (secondary N) is 1. The van der Waals surface area contributed by atoms with Crippen molar-refractivity contribution in [2.75, 3.05) is 10.8 Å². The number of halogens is 2. The van der Waals surface area contributed by atoms with Crippen LogP contribution in [0.2, 0.25) is 0 Å². The first-order valence-corrected chi connectivity index (χ1v) is 15.5. The lowest BCUT2D eigenvalue weighted by Gasteiger charge is -2.35. The molecule has 1 atom stereocenters. The van der Waals surface area contributed by atoms with Crippen LogP contribution in [0.5, 0.6) is 0 Å². The van der Waals surface area contributed by atoms with Gasteiger partial charge in [-0.25, -0.2) is 17.2 Å². The van der Waals surface area contributed by atoms with E-state index in [2.05, 4.69) is 5.32 Å². The van der Waals surface area contributed by atoms with Crippen molar-refractivity contribution in [3.8, 4) is 0 Å². The number of para-hydroxylation sites is 1. The van der Waals surface area contributed by atoms with E-state index < -0.39 is 51.6 Å². The lowest BCUT2D eigenvalue weighted by Crippen LogP contribution is -2.56. The summed E-state index contributed by atoms with van der Waals surface area (Å²) in [7, 11) is -4.42. The van der Waals surface area contributed by atoms with E-state index in [-0.39, 0.29) is 23.5 Å². The van der Waals surface area contributed by atoms with Crippen molar-refractivity contribution in [3.63, 3.8) is 0 Å². The molecule has 0 saturated heterocycles. The fourth-order valence-electron chi connectivity index (χ4n) is 4.68. The molecule has 44 heavy (non-hydrogen) atoms. The predicted octanol–water partition coefficient (Wildman–Crippen LogP) is 5.71. The second kappa shape index (κ2) is 13.8. The van der Waals surface area contributed by atoms with Crippen LogP contribution in [-0.2, 0) is 32.6 Å². The average Bonchev–Trinajstić information content (AvgIpc) is 2.99. The molecule has 0 radical (unpaired) electrons. The van der Waals surface area contributed by atoms with Gasteiger partial charge in [0.1, 0.15) is 24.2 Å². The zero-order valence-corrected chi connectivity index (χ0v) is 25.6. The van der Waals surface area contributed by atoms with E-state index in [1.807, 2.05) is 51.1 Å². The number of nitrogens with zero attached hydrogens (tertiary/aromatic N) is 2. The van der Waals surface area contributed by atoms with Gasteiger partial charge in [0, 0.05) is 18.5 Å². The molecule has 0 aliphatic rings. The molecule has 0 bridgehead atoms. The lowest BCUT2D eigenvalue weighted by atomic mass is 10.0. The van der Waals surface area contributed by atoms with Crippen LogP contribution < -0.4 is 9.62 Å². The van der Waals surface area contributed by atoms with Gasteiger partial charge in [0.25, 0.3) is 10.0 Å². The molecular weight excluding hydrogens is 584 g/mol. The standard InChI is InChI=1S/C34H35F2N3O4S/c1-34(2,3)37-33(41)31(22-25-12-6-4-7-13-25)38(23-26-18-20-27(35)21-19-26)32(40)24-39(30-17-11-10-16-29(30)36)44(42,43)28-14-8-5-9-15-28/h4-21,31H,22-24H2,1-3H3,(H,37,41)/t31-/m1/s1. The summed E-state index contributed by atoms with van der Waals surface area (Å²) in [4.78, 5) is 29.3. The second-order valence-electron chi connectivity index (χ2n) is 11.4. The molecule has 10 heteroatoms. The Hall–Kier alpha value is -4.57. The Morgan fingerprint density at radius 1 is 0.773 bits per heavy atom. The van der Waals surface area contributed by atoms with Crippen LogP contribution in [0.1, 0.15) is 31.9 Å². The van der Waals surface area contributed by atoms with Gasteiger partial charge in [-0.3, -0.25) is 13.9 Å². The number of benzene rings is 4. The molecule has 230 valence electrons. The quantitative estimate of drug-likeness (QED) is 0.233. The molecule has 2 amide bonds. The summed E-state index contributed by atoms with van der Waals surface area (Å²) in [5.41, 5.74) is 0.322. The SMILES string of the molecule is CC(C)(C)NC(=O)[C@@H](Cc1ccccc1)N(Cc1ccc(F)cc1)C(=O)CN(c1ccccc1F)S(=O)(=O)c1ccccc1. The minimum absolute atomic E-state index is 0.112. The molecule has 0 fully saturated rings. The number of sulfonamides is 1. The van der Waals surface area contributed by atoms with Gasteiger partial charge in [-0.05, 0) is 68.3 Å². The Morgan fingerprint density at radius 2 is 1.34 bits per heavy atom. The van der Waals surface area contributed by atoms with E-state index in [0.29, 0.717) is 5.56 Å². The van der Waals surface area contributed by atoms with E-state index in [9.17, 15) is 22.4 Å². The number of rotatable bonds is 11. The Balaban J connectivity index is 1.82. The smallest absolute Gasteiger partial charge is 0.264 e. The molecule has 4 aromatic carbocycles. The first kappa shape index (κ1) is 32.3. The van der Waals surface area contributed by atoms with Crippen molar-refractivity contribution in [1.29, 1.82) is 0 Å². The summed E-state index contributed by atoms with van der Waals surface area (Å²) in [6.45, 7) is 4.49. The van der Waals surface area contributed by atoms with E-state index >= 15 is 4.39 Å². The van der Waals surface area contributed by atoms with Gasteiger partial charge < -0.3 is 10.2 Å². The normalized spacial score (nSPS) is 12.3. The molecule has 0 heterocycles. The first-order valence-electron chi connectivity index (χ1n) is 14.1. The Labute approximate surface area is 257 Å². The highest BCUT2D eigenvalue weighted by Crippen LogP contribution is 2.27. The van der Waals surface area contributed by atoms with Gasteiger partial charge in [-0.2, -0.15) is 0 Å². The van der Waals surface area contributed by atoms with Crippen LogP contribution >= 0.6 is 0 Å². The zero-order valence-electron chi connectivity index (χ0n) is 24.8. The highest BCUT2D eigenvalue weighted by Gasteiger charge is 2.36. The van der Waals surface area contributed by atoms with Crippen LogP contribution in [0.15, 0.2) is 114 Å². The molecule has 4 aromatic rings. The van der Waals surface area contributed by atoms with Crippen molar-refractivity contribution in [2.24, 2.45) is 0 Å². The summed E-state index contributed by atoms with van der Waals surface area (Å²) in [6.07, 6.45) is 0.112. The highest BCUT2D eigenvalue weighted by atomic mass is 32.2. The maximum atomic E-state index is 15.2. The van der Waals surface area contributed by atoms with Crippen LogP contribution in [0.3, 0.4) is 0 Å². The Kier molecular flexibility index (Phi) is 10.2. The zero-order chi connectivity index (χ0) is 31.9. The lowest BCUT2D eigenvalue weighted by molar-refractivity contribution is -0.140. The van der Waals surface area contributed by atoms with E-state index in [0.717, 1.165) is 15.9 Å². The summed E-state index contributed by atoms with van der Waals surface area (Å²) < 4.78 is 57.4. The minimum atomic E-state index is -4.42. The van der Waals surface area contributed by atoms with Crippen molar-refractivity contribution >= 4 is 27.5 Å². The number of amides is 2. The second-order valence-corrected chi connectivity index (χ2v) is 13.2. The third-order valence-corrected chi connectivity index (χ3v) is 8.54. The number of carbonyl (C=O) groups is 2. The molecule has 7 nitrogen and oxygen atoms in total. The molecular formula is C34H35F2N3O4S. The van der Waals surface area contributed by atoms with E-state index in [1.165, 1.54) is 71.6 Å². The Morgan fingerprint density at radius 3 is 1.93 bits per heavy atom. The van der Waals surface area contributed by atoms with Gasteiger partial charge in [-0.1, -0.05) is 72.8 Å². The van der Waals surface area contributed by atoms with Crippen molar-refractivity contribution in [3.05, 3.63) is 132 Å². The third kappa shape index (κ3) is 8.29. The van der Waals surface area contributed by atoms with Crippen LogP contribution in [0, 0.1) is 11.6 Å². The molecule has 0 aliphatic carbocycles. The maximum Gasteiger partial charge on any atom is 0.264 e. The highest BCUT2D eigenvalue weighted by molar-refractivity contribution is 7.92. The van der Waals surface area contributed by atoms with Gasteiger partial charge in [0.2, 0.25) is 11.8 Å². The minimum Gasteiger partial charge on any atom is -0.350 e. The summed E-state index contributed by atoms with van der Waals surface area (Å²) in [5, 5.41) is 2.94. The van der Waals surface area contributed by atoms with E-state index in [1.54, 1.807) is 6.07 Å². The molecule has 4 rings (SSSR count). The number of hydrogen-bond acceptors (Lipinski definition) is 4. The van der Waals surface area contributed by atoms with Gasteiger partial charge in [0.15, 0.2) is 0 Å². The van der Waals surface area contributed by atoms with Crippen molar-refractivity contribution < 1.29 is 26.8 Å². The molecule has 0 unspecified atom stereocenters. The molecule has 0 aliphatic heterocycles.